The molecule has 334 valence electrons. The minimum Gasteiger partial charge on any atom is -0.451 e. The standard InChI is InChI=1S/C54H54N2O9/c55-56-48-50(61-34-42-25-13-4-14-26-42)47(45(65-54(48)57)37-58-31-39-19-7-1-8-20-39)51-53(63-36-44-29-17-6-18-30-44)52(62-35-43-27-15-5-16-28-43)49(60-33-41-23-11-3-12-24-41)46(64-51)38-59-32-40-21-9-2-10-22-40/h1-30,45-47,49-53H,31-38H2/t45-,46-,47-,49+,50+,51+,52+,53+/m1/s1. The van der Waals surface area contributed by atoms with E-state index in [2.05, 4.69) is 4.79 Å². The van der Waals surface area contributed by atoms with Crippen molar-refractivity contribution in [2.75, 3.05) is 13.2 Å². The molecule has 8 rings (SSSR count). The molecular weight excluding hydrogens is 821 g/mol. The number of carbonyl (C=O) groups is 1. The van der Waals surface area contributed by atoms with Crippen LogP contribution >= 0.6 is 0 Å². The van der Waals surface area contributed by atoms with Gasteiger partial charge in [0.05, 0.1) is 64.9 Å². The SMILES string of the molecule is [N-]=[N+]=C1C(=O)O[C@H](COCc2ccccc2)[C@@H]([C@@H]2O[C@H](COCc3ccccc3)[C@H](OCc3ccccc3)[C@H](OCc3ccccc3)[C@H]2OCc2ccccc2)[C@@H]1OCc1ccccc1. The number of rotatable bonds is 21. The van der Waals surface area contributed by atoms with E-state index in [1.165, 1.54) is 0 Å². The highest BCUT2D eigenvalue weighted by Crippen LogP contribution is 2.39. The van der Waals surface area contributed by atoms with Crippen LogP contribution in [0.15, 0.2) is 182 Å². The Kier molecular flexibility index (Phi) is 16.6. The van der Waals surface area contributed by atoms with E-state index < -0.39 is 54.6 Å². The van der Waals surface area contributed by atoms with Crippen LogP contribution in [-0.4, -0.2) is 72.4 Å². The van der Waals surface area contributed by atoms with Crippen molar-refractivity contribution in [3.05, 3.63) is 221 Å². The second-order valence-electron chi connectivity index (χ2n) is 16.1. The van der Waals surface area contributed by atoms with Crippen LogP contribution in [0, 0.1) is 5.92 Å². The molecule has 0 spiro atoms. The molecule has 2 aliphatic rings. The molecule has 0 radical (unpaired) electrons. The maximum atomic E-state index is 13.9. The lowest BCUT2D eigenvalue weighted by molar-refractivity contribution is -0.295. The van der Waals surface area contributed by atoms with Gasteiger partial charge in [-0.1, -0.05) is 182 Å². The number of hydrogen-bond acceptors (Lipinski definition) is 9. The second kappa shape index (κ2) is 23.7. The summed E-state index contributed by atoms with van der Waals surface area (Å²) in [6, 6.07) is 59.0. The predicted molar refractivity (Wildman–Crippen MR) is 243 cm³/mol. The molecule has 2 fully saturated rings. The normalized spacial score (nSPS) is 23.1. The Morgan fingerprint density at radius 3 is 1.20 bits per heavy atom. The first kappa shape index (κ1) is 45.5. The van der Waals surface area contributed by atoms with Gasteiger partial charge in [0.2, 0.25) is 0 Å². The van der Waals surface area contributed by atoms with E-state index in [4.69, 9.17) is 37.9 Å². The average molecular weight is 875 g/mol. The number of esters is 1. The van der Waals surface area contributed by atoms with Crippen molar-refractivity contribution in [3.8, 4) is 0 Å². The van der Waals surface area contributed by atoms with E-state index in [0.717, 1.165) is 33.4 Å². The van der Waals surface area contributed by atoms with Gasteiger partial charge >= 0.3 is 11.7 Å². The van der Waals surface area contributed by atoms with E-state index in [1.807, 2.05) is 182 Å². The molecule has 0 saturated carbocycles. The average Bonchev–Trinajstić information content (AvgIpc) is 3.36. The molecule has 0 aliphatic carbocycles. The minimum atomic E-state index is -1.14. The Balaban J connectivity index is 1.22. The smallest absolute Gasteiger partial charge is 0.420 e. The van der Waals surface area contributed by atoms with Gasteiger partial charge in [-0.25, -0.2) is 4.79 Å². The fourth-order valence-corrected chi connectivity index (χ4v) is 8.35. The van der Waals surface area contributed by atoms with Gasteiger partial charge in [0.15, 0.2) is 6.10 Å². The molecule has 2 saturated heterocycles. The lowest BCUT2D eigenvalue weighted by Gasteiger charge is -2.50. The van der Waals surface area contributed by atoms with Gasteiger partial charge < -0.3 is 43.4 Å². The van der Waals surface area contributed by atoms with Gasteiger partial charge in [0, 0.05) is 0 Å². The van der Waals surface area contributed by atoms with Crippen molar-refractivity contribution in [2.45, 2.75) is 82.4 Å². The third-order valence-corrected chi connectivity index (χ3v) is 11.6. The molecule has 0 amide bonds. The number of carbonyl (C=O) groups excluding carboxylic acids is 1. The number of ether oxygens (including phenoxy) is 8. The van der Waals surface area contributed by atoms with Crippen LogP contribution in [0.2, 0.25) is 0 Å². The van der Waals surface area contributed by atoms with Gasteiger partial charge in [-0.2, -0.15) is 4.79 Å². The summed E-state index contributed by atoms with van der Waals surface area (Å²) in [5.74, 6) is -1.68. The van der Waals surface area contributed by atoms with Gasteiger partial charge in [-0.05, 0) is 33.4 Å². The quantitative estimate of drug-likeness (QED) is 0.0396. The lowest BCUT2D eigenvalue weighted by atomic mass is 9.78. The van der Waals surface area contributed by atoms with Crippen LogP contribution in [0.5, 0.6) is 0 Å². The Bertz CT molecular complexity index is 2370. The second-order valence-corrected chi connectivity index (χ2v) is 16.1. The maximum Gasteiger partial charge on any atom is 0.420 e. The molecule has 2 heterocycles. The zero-order valence-electron chi connectivity index (χ0n) is 36.2. The fourth-order valence-electron chi connectivity index (χ4n) is 8.35. The third-order valence-electron chi connectivity index (χ3n) is 11.6. The molecular formula is C54H54N2O9. The summed E-state index contributed by atoms with van der Waals surface area (Å²) in [7, 11) is 0. The van der Waals surface area contributed by atoms with Gasteiger partial charge in [0.1, 0.15) is 30.5 Å². The first-order chi connectivity index (χ1) is 32.1. The summed E-state index contributed by atoms with van der Waals surface area (Å²) in [5, 5.41) is 0. The molecule has 2 aliphatic heterocycles. The van der Waals surface area contributed by atoms with E-state index >= 15 is 0 Å². The van der Waals surface area contributed by atoms with Crippen molar-refractivity contribution in [1.29, 1.82) is 0 Å². The summed E-state index contributed by atoms with van der Waals surface area (Å²) < 4.78 is 54.1. The first-order valence-electron chi connectivity index (χ1n) is 22.1. The van der Waals surface area contributed by atoms with Gasteiger partial charge in [0.25, 0.3) is 0 Å². The first-order valence-corrected chi connectivity index (χ1v) is 22.1. The summed E-state index contributed by atoms with van der Waals surface area (Å²) >= 11 is 0. The number of nitrogens with zero attached hydrogens (tertiary/aromatic N) is 2. The monoisotopic (exact) mass is 874 g/mol. The van der Waals surface area contributed by atoms with Crippen LogP contribution < -0.4 is 0 Å². The number of hydrogen-bond donors (Lipinski definition) is 0. The highest BCUT2D eigenvalue weighted by molar-refractivity contribution is 6.36. The summed E-state index contributed by atoms with van der Waals surface area (Å²) in [6.45, 7) is 1.43. The molecule has 0 unspecified atom stereocenters. The Morgan fingerprint density at radius 1 is 0.431 bits per heavy atom. The van der Waals surface area contributed by atoms with Crippen molar-refractivity contribution in [2.24, 2.45) is 5.92 Å². The highest BCUT2D eigenvalue weighted by Gasteiger charge is 2.60. The van der Waals surface area contributed by atoms with Crippen LogP contribution in [0.1, 0.15) is 33.4 Å². The Morgan fingerprint density at radius 2 is 0.785 bits per heavy atom. The van der Waals surface area contributed by atoms with Crippen molar-refractivity contribution < 1.29 is 47.5 Å². The van der Waals surface area contributed by atoms with Crippen LogP contribution in [0.4, 0.5) is 0 Å². The van der Waals surface area contributed by atoms with E-state index in [-0.39, 0.29) is 52.0 Å². The molecule has 6 aromatic carbocycles. The van der Waals surface area contributed by atoms with Crippen LogP contribution in [0.25, 0.3) is 5.53 Å². The zero-order chi connectivity index (χ0) is 44.5. The predicted octanol–water partition coefficient (Wildman–Crippen LogP) is 8.74. The summed E-state index contributed by atoms with van der Waals surface area (Å²) in [5.41, 5.74) is 15.9. The molecule has 8 atom stereocenters. The van der Waals surface area contributed by atoms with E-state index in [1.54, 1.807) is 0 Å². The number of benzene rings is 6. The Labute approximate surface area is 380 Å². The maximum absolute atomic E-state index is 13.9. The molecule has 0 aromatic heterocycles. The molecule has 65 heavy (non-hydrogen) atoms. The summed E-state index contributed by atoms with van der Waals surface area (Å²) in [6.07, 6.45) is -6.13. The van der Waals surface area contributed by atoms with Crippen molar-refractivity contribution in [1.82, 2.24) is 0 Å². The molecule has 11 heteroatoms. The fraction of sp³-hybridized carbons (Fsp3) is 0.296. The largest absolute Gasteiger partial charge is 0.451 e. The molecule has 6 aromatic rings. The van der Waals surface area contributed by atoms with Crippen molar-refractivity contribution in [3.63, 3.8) is 0 Å². The minimum absolute atomic E-state index is 0.0287. The molecule has 11 nitrogen and oxygen atoms in total. The van der Waals surface area contributed by atoms with Crippen LogP contribution in [0.3, 0.4) is 0 Å². The Hall–Kier alpha value is -6.11. The van der Waals surface area contributed by atoms with Crippen molar-refractivity contribution >= 4 is 11.7 Å². The zero-order valence-corrected chi connectivity index (χ0v) is 36.2. The number of cyclic esters (lactones) is 1. The molecule has 0 bridgehead atoms. The van der Waals surface area contributed by atoms with Gasteiger partial charge in [-0.3, -0.25) is 0 Å². The lowest BCUT2D eigenvalue weighted by Crippen LogP contribution is -2.68. The van der Waals surface area contributed by atoms with E-state index in [9.17, 15) is 10.3 Å². The molecule has 0 N–H and O–H groups in total. The third kappa shape index (κ3) is 12.6. The van der Waals surface area contributed by atoms with Crippen LogP contribution in [-0.2, 0) is 82.3 Å². The van der Waals surface area contributed by atoms with E-state index in [0.29, 0.717) is 6.61 Å². The highest BCUT2D eigenvalue weighted by atomic mass is 16.6. The van der Waals surface area contributed by atoms with Gasteiger partial charge in [-0.15, -0.1) is 0 Å². The topological polar surface area (TPSA) is 127 Å². The summed E-state index contributed by atoms with van der Waals surface area (Å²) in [4.78, 5) is 17.4.